The van der Waals surface area contributed by atoms with Gasteiger partial charge in [-0.1, -0.05) is 43.7 Å². The van der Waals surface area contributed by atoms with Gasteiger partial charge < -0.3 is 15.1 Å². The molecule has 30 heavy (non-hydrogen) atoms. The van der Waals surface area contributed by atoms with Gasteiger partial charge in [-0.25, -0.2) is 4.79 Å². The van der Waals surface area contributed by atoms with E-state index in [4.69, 9.17) is 0 Å². The summed E-state index contributed by atoms with van der Waals surface area (Å²) in [5, 5.41) is 5.08. The first-order valence-corrected chi connectivity index (χ1v) is 11.7. The van der Waals surface area contributed by atoms with Crippen LogP contribution in [0.25, 0.3) is 0 Å². The Balaban J connectivity index is 1.83. The number of hydrogen-bond acceptors (Lipinski definition) is 3. The smallest absolute Gasteiger partial charge is 0.318 e. The molecule has 2 heterocycles. The van der Waals surface area contributed by atoms with E-state index in [1.165, 1.54) is 10.4 Å². The lowest BCUT2D eigenvalue weighted by Gasteiger charge is -2.40. The summed E-state index contributed by atoms with van der Waals surface area (Å²) in [7, 11) is 0. The molecule has 5 nitrogen and oxygen atoms in total. The number of nitrogens with zero attached hydrogens (tertiary/aromatic N) is 2. The van der Waals surface area contributed by atoms with Crippen molar-refractivity contribution in [1.29, 1.82) is 0 Å². The van der Waals surface area contributed by atoms with E-state index in [0.29, 0.717) is 13.1 Å². The fourth-order valence-corrected chi connectivity index (χ4v) is 4.79. The third kappa shape index (κ3) is 5.04. The Labute approximate surface area is 184 Å². The van der Waals surface area contributed by atoms with Gasteiger partial charge >= 0.3 is 6.03 Å². The maximum Gasteiger partial charge on any atom is 0.318 e. The highest BCUT2D eigenvalue weighted by molar-refractivity contribution is 7.10. The lowest BCUT2D eigenvalue weighted by atomic mass is 9.93. The van der Waals surface area contributed by atoms with Crippen LogP contribution < -0.4 is 5.32 Å². The van der Waals surface area contributed by atoms with Gasteiger partial charge in [-0.15, -0.1) is 11.3 Å². The number of carbonyl (C=O) groups excluding carboxylic acids is 2. The highest BCUT2D eigenvalue weighted by Crippen LogP contribution is 2.37. The van der Waals surface area contributed by atoms with E-state index in [2.05, 4.69) is 35.8 Å². The van der Waals surface area contributed by atoms with Crippen molar-refractivity contribution in [3.8, 4) is 0 Å². The van der Waals surface area contributed by atoms with Crippen molar-refractivity contribution in [3.05, 3.63) is 57.8 Å². The molecule has 1 aromatic heterocycles. The predicted molar refractivity (Wildman–Crippen MR) is 123 cm³/mol. The first-order chi connectivity index (χ1) is 14.3. The molecular weight excluding hydrogens is 394 g/mol. The van der Waals surface area contributed by atoms with Crippen molar-refractivity contribution in [1.82, 2.24) is 15.1 Å². The average Bonchev–Trinajstić information content (AvgIpc) is 3.19. The standard InChI is InChI=1S/C24H33N3O2S/c1-5-6-14-25-23(29)27(24(2,3)4)17-21(28)26-15-12-20-19(13-16-30-20)22(26)18-10-8-7-9-11-18/h7-11,13,16,22H,5-6,12,14-15,17H2,1-4H3,(H,25,29)/t22-/m1/s1. The number of benzene rings is 1. The van der Waals surface area contributed by atoms with Crippen LogP contribution in [-0.2, 0) is 11.2 Å². The summed E-state index contributed by atoms with van der Waals surface area (Å²) in [6, 6.07) is 12.0. The fourth-order valence-electron chi connectivity index (χ4n) is 3.89. The molecule has 0 fully saturated rings. The van der Waals surface area contributed by atoms with Crippen molar-refractivity contribution in [3.63, 3.8) is 0 Å². The Morgan fingerprint density at radius 3 is 2.60 bits per heavy atom. The summed E-state index contributed by atoms with van der Waals surface area (Å²) >= 11 is 1.76. The predicted octanol–water partition coefficient (Wildman–Crippen LogP) is 4.83. The zero-order valence-corrected chi connectivity index (χ0v) is 19.3. The van der Waals surface area contributed by atoms with Gasteiger partial charge in [0.15, 0.2) is 0 Å². The van der Waals surface area contributed by atoms with Crippen LogP contribution in [0.3, 0.4) is 0 Å². The average molecular weight is 428 g/mol. The van der Waals surface area contributed by atoms with Crippen molar-refractivity contribution >= 4 is 23.3 Å². The topological polar surface area (TPSA) is 52.7 Å². The Morgan fingerprint density at radius 1 is 1.20 bits per heavy atom. The number of amides is 3. The van der Waals surface area contributed by atoms with Gasteiger partial charge in [0.1, 0.15) is 6.54 Å². The number of urea groups is 1. The Hall–Kier alpha value is -2.34. The van der Waals surface area contributed by atoms with Gasteiger partial charge in [0.05, 0.1) is 6.04 Å². The first-order valence-electron chi connectivity index (χ1n) is 10.8. The molecule has 3 rings (SSSR count). The first kappa shape index (κ1) is 22.3. The summed E-state index contributed by atoms with van der Waals surface area (Å²) < 4.78 is 0. The molecule has 0 aliphatic carbocycles. The molecule has 3 amide bonds. The number of fused-ring (bicyclic) bond motifs is 1. The maximum atomic E-state index is 13.5. The van der Waals surface area contributed by atoms with E-state index >= 15 is 0 Å². The molecule has 0 spiro atoms. The van der Waals surface area contributed by atoms with E-state index in [1.807, 2.05) is 43.9 Å². The number of hydrogen-bond donors (Lipinski definition) is 1. The highest BCUT2D eigenvalue weighted by atomic mass is 32.1. The van der Waals surface area contributed by atoms with E-state index in [0.717, 1.165) is 24.8 Å². The Morgan fingerprint density at radius 2 is 1.93 bits per heavy atom. The number of rotatable bonds is 6. The SMILES string of the molecule is CCCCNC(=O)N(CC(=O)N1CCc2sccc2[C@H]1c1ccccc1)C(C)(C)C. The Bertz CT molecular complexity index is 857. The molecule has 162 valence electrons. The molecule has 0 radical (unpaired) electrons. The summed E-state index contributed by atoms with van der Waals surface area (Å²) in [6.07, 6.45) is 2.81. The zero-order chi connectivity index (χ0) is 21.7. The van der Waals surface area contributed by atoms with Gasteiger partial charge in [-0.2, -0.15) is 0 Å². The van der Waals surface area contributed by atoms with Crippen LogP contribution in [0.2, 0.25) is 0 Å². The maximum absolute atomic E-state index is 13.5. The third-order valence-electron chi connectivity index (χ3n) is 5.56. The molecule has 0 unspecified atom stereocenters. The zero-order valence-electron chi connectivity index (χ0n) is 18.5. The Kier molecular flexibility index (Phi) is 7.19. The second-order valence-corrected chi connectivity index (χ2v) is 9.79. The fraction of sp³-hybridized carbons (Fsp3) is 0.500. The molecule has 0 saturated heterocycles. The summed E-state index contributed by atoms with van der Waals surface area (Å²) in [4.78, 5) is 31.3. The van der Waals surface area contributed by atoms with Gasteiger partial charge in [-0.05, 0) is 56.2 Å². The molecule has 0 bridgehead atoms. The van der Waals surface area contributed by atoms with Crippen LogP contribution in [0, 0.1) is 0 Å². The van der Waals surface area contributed by atoms with E-state index in [1.54, 1.807) is 16.2 Å². The lowest BCUT2D eigenvalue weighted by Crippen LogP contribution is -2.55. The van der Waals surface area contributed by atoms with Gasteiger partial charge in [0, 0.05) is 23.5 Å². The molecule has 1 atom stereocenters. The quantitative estimate of drug-likeness (QED) is 0.671. The molecule has 1 aliphatic rings. The minimum absolute atomic E-state index is 0.0127. The third-order valence-corrected chi connectivity index (χ3v) is 6.55. The largest absolute Gasteiger partial charge is 0.338 e. The van der Waals surface area contributed by atoms with Crippen molar-refractivity contribution < 1.29 is 9.59 Å². The summed E-state index contributed by atoms with van der Waals surface area (Å²) in [6.45, 7) is 9.39. The second-order valence-electron chi connectivity index (χ2n) is 8.79. The minimum atomic E-state index is -0.447. The molecule has 0 saturated carbocycles. The highest BCUT2D eigenvalue weighted by Gasteiger charge is 2.36. The number of thiophene rings is 1. The monoisotopic (exact) mass is 427 g/mol. The molecule has 1 aliphatic heterocycles. The van der Waals surface area contributed by atoms with E-state index in [-0.39, 0.29) is 24.5 Å². The minimum Gasteiger partial charge on any atom is -0.338 e. The van der Waals surface area contributed by atoms with Crippen molar-refractivity contribution in [2.45, 2.75) is 58.5 Å². The summed E-state index contributed by atoms with van der Waals surface area (Å²) in [5.41, 5.74) is 1.87. The van der Waals surface area contributed by atoms with Gasteiger partial charge in [0.25, 0.3) is 0 Å². The van der Waals surface area contributed by atoms with E-state index in [9.17, 15) is 9.59 Å². The summed E-state index contributed by atoms with van der Waals surface area (Å²) in [5.74, 6) is -0.0127. The number of unbranched alkanes of at least 4 members (excludes halogenated alkanes) is 1. The van der Waals surface area contributed by atoms with Crippen LogP contribution in [-0.4, -0.2) is 46.9 Å². The van der Waals surface area contributed by atoms with Crippen LogP contribution in [0.1, 0.15) is 62.6 Å². The van der Waals surface area contributed by atoms with E-state index < -0.39 is 5.54 Å². The van der Waals surface area contributed by atoms with Crippen LogP contribution in [0.4, 0.5) is 4.79 Å². The van der Waals surface area contributed by atoms with Crippen molar-refractivity contribution in [2.24, 2.45) is 0 Å². The molecule has 1 aromatic carbocycles. The molecule has 6 heteroatoms. The molecular formula is C24H33N3O2S. The second kappa shape index (κ2) is 9.65. The molecule has 2 aromatic rings. The van der Waals surface area contributed by atoms with Gasteiger partial charge in [-0.3, -0.25) is 4.79 Å². The normalized spacial score (nSPS) is 16.1. The van der Waals surface area contributed by atoms with Crippen LogP contribution in [0.15, 0.2) is 41.8 Å². The van der Waals surface area contributed by atoms with Crippen LogP contribution in [0.5, 0.6) is 0 Å². The van der Waals surface area contributed by atoms with Crippen LogP contribution >= 0.6 is 11.3 Å². The number of nitrogens with one attached hydrogen (secondary N) is 1. The molecule has 1 N–H and O–H groups in total. The number of carbonyl (C=O) groups is 2. The van der Waals surface area contributed by atoms with Crippen molar-refractivity contribution in [2.75, 3.05) is 19.6 Å². The van der Waals surface area contributed by atoms with Gasteiger partial charge in [0.2, 0.25) is 5.91 Å². The lowest BCUT2D eigenvalue weighted by molar-refractivity contribution is -0.134.